The summed E-state index contributed by atoms with van der Waals surface area (Å²) < 4.78 is 25.1. The number of sulfonamides is 1. The maximum Gasteiger partial charge on any atom is 0.213 e. The van der Waals surface area contributed by atoms with Gasteiger partial charge < -0.3 is 5.11 Å². The largest absolute Gasteiger partial charge is 0.395 e. The smallest absolute Gasteiger partial charge is 0.213 e. The first-order valence-corrected chi connectivity index (χ1v) is 6.71. The Morgan fingerprint density at radius 3 is 2.43 bits per heavy atom. The van der Waals surface area contributed by atoms with E-state index >= 15 is 0 Å². The molecule has 14 heavy (non-hydrogen) atoms. The van der Waals surface area contributed by atoms with Crippen molar-refractivity contribution >= 4 is 10.0 Å². The molecule has 1 fully saturated rings. The van der Waals surface area contributed by atoms with Gasteiger partial charge in [-0.15, -0.1) is 0 Å². The van der Waals surface area contributed by atoms with E-state index in [1.54, 1.807) is 0 Å². The SMILES string of the molecule is CC1(CNS(=O)(=O)CCO)CCCC1. The first-order valence-electron chi connectivity index (χ1n) is 5.06. The number of hydrogen-bond donors (Lipinski definition) is 2. The zero-order valence-corrected chi connectivity index (χ0v) is 9.44. The van der Waals surface area contributed by atoms with Gasteiger partial charge in [-0.25, -0.2) is 13.1 Å². The molecule has 1 aliphatic carbocycles. The molecule has 4 nitrogen and oxygen atoms in total. The minimum atomic E-state index is -3.26. The quantitative estimate of drug-likeness (QED) is 0.709. The van der Waals surface area contributed by atoms with Crippen LogP contribution in [0, 0.1) is 5.41 Å². The lowest BCUT2D eigenvalue weighted by Gasteiger charge is -2.23. The van der Waals surface area contributed by atoms with E-state index in [0.717, 1.165) is 12.8 Å². The van der Waals surface area contributed by atoms with Crippen molar-refractivity contribution in [2.75, 3.05) is 18.9 Å². The summed E-state index contributed by atoms with van der Waals surface area (Å²) in [6, 6.07) is 0. The average Bonchev–Trinajstić information content (AvgIpc) is 2.50. The highest BCUT2D eigenvalue weighted by molar-refractivity contribution is 7.89. The van der Waals surface area contributed by atoms with Crippen LogP contribution in [0.4, 0.5) is 0 Å². The van der Waals surface area contributed by atoms with E-state index in [1.807, 2.05) is 0 Å². The summed E-state index contributed by atoms with van der Waals surface area (Å²) in [7, 11) is -3.26. The summed E-state index contributed by atoms with van der Waals surface area (Å²) in [4.78, 5) is 0. The van der Waals surface area contributed by atoms with Gasteiger partial charge in [0.2, 0.25) is 10.0 Å². The molecule has 0 heterocycles. The van der Waals surface area contributed by atoms with Gasteiger partial charge in [-0.1, -0.05) is 19.8 Å². The Morgan fingerprint density at radius 2 is 1.93 bits per heavy atom. The predicted octanol–water partition coefficient (Wildman–Crippen LogP) is 0.478. The number of aliphatic hydroxyl groups excluding tert-OH is 1. The van der Waals surface area contributed by atoms with Crippen LogP contribution in [0.5, 0.6) is 0 Å². The second-order valence-electron chi connectivity index (χ2n) is 4.38. The van der Waals surface area contributed by atoms with Crippen LogP contribution < -0.4 is 4.72 Å². The second kappa shape index (κ2) is 4.59. The fraction of sp³-hybridized carbons (Fsp3) is 1.00. The topological polar surface area (TPSA) is 66.4 Å². The maximum atomic E-state index is 11.3. The van der Waals surface area contributed by atoms with Crippen LogP contribution in [-0.4, -0.2) is 32.4 Å². The van der Waals surface area contributed by atoms with Gasteiger partial charge in [-0.2, -0.15) is 0 Å². The highest BCUT2D eigenvalue weighted by atomic mass is 32.2. The fourth-order valence-corrected chi connectivity index (χ4v) is 2.83. The molecule has 0 unspecified atom stereocenters. The molecule has 0 amide bonds. The van der Waals surface area contributed by atoms with Crippen LogP contribution in [0.3, 0.4) is 0 Å². The minimum Gasteiger partial charge on any atom is -0.395 e. The lowest BCUT2D eigenvalue weighted by atomic mass is 9.89. The van der Waals surface area contributed by atoms with E-state index < -0.39 is 10.0 Å². The van der Waals surface area contributed by atoms with E-state index in [9.17, 15) is 8.42 Å². The van der Waals surface area contributed by atoms with Gasteiger partial charge in [0, 0.05) is 6.54 Å². The first kappa shape index (κ1) is 11.9. The Labute approximate surface area is 85.8 Å². The van der Waals surface area contributed by atoms with Crippen LogP contribution in [0.15, 0.2) is 0 Å². The molecule has 5 heteroatoms. The van der Waals surface area contributed by atoms with Crippen molar-refractivity contribution in [2.24, 2.45) is 5.41 Å². The molecule has 0 bridgehead atoms. The lowest BCUT2D eigenvalue weighted by molar-refractivity contribution is 0.315. The summed E-state index contributed by atoms with van der Waals surface area (Å²) >= 11 is 0. The number of aliphatic hydroxyl groups is 1. The molecule has 1 aliphatic rings. The molecule has 1 saturated carbocycles. The van der Waals surface area contributed by atoms with Gasteiger partial charge in [0.25, 0.3) is 0 Å². The van der Waals surface area contributed by atoms with Crippen molar-refractivity contribution in [2.45, 2.75) is 32.6 Å². The Kier molecular flexibility index (Phi) is 3.92. The molecule has 84 valence electrons. The molecule has 2 N–H and O–H groups in total. The van der Waals surface area contributed by atoms with E-state index in [0.29, 0.717) is 6.54 Å². The molecule has 0 saturated heterocycles. The van der Waals surface area contributed by atoms with Crippen molar-refractivity contribution in [3.05, 3.63) is 0 Å². The highest BCUT2D eigenvalue weighted by Crippen LogP contribution is 2.36. The summed E-state index contributed by atoms with van der Waals surface area (Å²) in [6.07, 6.45) is 4.57. The van der Waals surface area contributed by atoms with Crippen LogP contribution in [0.25, 0.3) is 0 Å². The summed E-state index contributed by atoms with van der Waals surface area (Å²) in [6.45, 7) is 2.31. The summed E-state index contributed by atoms with van der Waals surface area (Å²) in [5, 5.41) is 8.54. The average molecular weight is 221 g/mol. The molecule has 0 aliphatic heterocycles. The van der Waals surface area contributed by atoms with Crippen LogP contribution in [-0.2, 0) is 10.0 Å². The van der Waals surface area contributed by atoms with Gasteiger partial charge in [0.05, 0.1) is 12.4 Å². The third-order valence-corrected chi connectivity index (χ3v) is 4.19. The Balaban J connectivity index is 2.39. The maximum absolute atomic E-state index is 11.3. The van der Waals surface area contributed by atoms with Gasteiger partial charge in [0.15, 0.2) is 0 Å². The normalized spacial score (nSPS) is 21.3. The zero-order chi connectivity index (χ0) is 10.7. The van der Waals surface area contributed by atoms with Crippen LogP contribution in [0.2, 0.25) is 0 Å². The van der Waals surface area contributed by atoms with E-state index in [4.69, 9.17) is 5.11 Å². The Bertz CT molecular complexity index is 268. The monoisotopic (exact) mass is 221 g/mol. The molecule has 0 aromatic heterocycles. The Hall–Kier alpha value is -0.130. The zero-order valence-electron chi connectivity index (χ0n) is 8.62. The predicted molar refractivity (Wildman–Crippen MR) is 55.5 cm³/mol. The van der Waals surface area contributed by atoms with Crippen LogP contribution in [0.1, 0.15) is 32.6 Å². The minimum absolute atomic E-state index is 0.128. The van der Waals surface area contributed by atoms with Crippen molar-refractivity contribution in [1.82, 2.24) is 4.72 Å². The summed E-state index contributed by atoms with van der Waals surface area (Å²) in [5.41, 5.74) is 0.128. The van der Waals surface area contributed by atoms with Crippen molar-refractivity contribution in [3.63, 3.8) is 0 Å². The molecule has 0 aromatic carbocycles. The number of hydrogen-bond acceptors (Lipinski definition) is 3. The van der Waals surface area contributed by atoms with E-state index in [1.165, 1.54) is 12.8 Å². The third kappa shape index (κ3) is 3.55. The lowest BCUT2D eigenvalue weighted by Crippen LogP contribution is -2.36. The molecule has 0 aromatic rings. The molecule has 1 rings (SSSR count). The second-order valence-corrected chi connectivity index (χ2v) is 6.31. The molecular weight excluding hydrogens is 202 g/mol. The van der Waals surface area contributed by atoms with Crippen LogP contribution >= 0.6 is 0 Å². The van der Waals surface area contributed by atoms with Crippen molar-refractivity contribution in [1.29, 1.82) is 0 Å². The highest BCUT2D eigenvalue weighted by Gasteiger charge is 2.29. The number of nitrogens with one attached hydrogen (secondary N) is 1. The van der Waals surface area contributed by atoms with E-state index in [2.05, 4.69) is 11.6 Å². The van der Waals surface area contributed by atoms with Gasteiger partial charge >= 0.3 is 0 Å². The molecule has 0 radical (unpaired) electrons. The first-order chi connectivity index (χ1) is 6.47. The Morgan fingerprint density at radius 1 is 1.36 bits per heavy atom. The van der Waals surface area contributed by atoms with Gasteiger partial charge in [0.1, 0.15) is 0 Å². The van der Waals surface area contributed by atoms with Crippen molar-refractivity contribution in [3.8, 4) is 0 Å². The molecule has 0 atom stereocenters. The van der Waals surface area contributed by atoms with Crippen molar-refractivity contribution < 1.29 is 13.5 Å². The fourth-order valence-electron chi connectivity index (χ4n) is 1.88. The molecular formula is C9H19NO3S. The van der Waals surface area contributed by atoms with Gasteiger partial charge in [-0.3, -0.25) is 0 Å². The molecule has 0 spiro atoms. The number of rotatable bonds is 5. The summed E-state index contributed by atoms with van der Waals surface area (Å²) in [5.74, 6) is -0.191. The van der Waals surface area contributed by atoms with Gasteiger partial charge in [-0.05, 0) is 18.3 Å². The standard InChI is InChI=1S/C9H19NO3S/c1-9(4-2-3-5-9)8-10-14(12,13)7-6-11/h10-11H,2-8H2,1H3. The van der Waals surface area contributed by atoms with E-state index in [-0.39, 0.29) is 17.8 Å². The third-order valence-electron chi connectivity index (χ3n) is 2.89.